The quantitative estimate of drug-likeness (QED) is 0.0266. The predicted octanol–water partition coefficient (Wildman–Crippen LogP) is 8.88. The summed E-state index contributed by atoms with van der Waals surface area (Å²) in [7, 11) is -21.9. The van der Waals surface area contributed by atoms with Crippen LogP contribution in [0.4, 0.5) is 22.7 Å². The molecule has 4 saturated carbocycles. The van der Waals surface area contributed by atoms with Crippen molar-refractivity contribution in [3.8, 4) is 46.5 Å². The second kappa shape index (κ2) is 41.1. The van der Waals surface area contributed by atoms with E-state index in [9.17, 15) is 91.2 Å². The van der Waals surface area contributed by atoms with Crippen LogP contribution in [-0.4, -0.2) is 247 Å². The number of methoxy groups -OCH3 is 4. The van der Waals surface area contributed by atoms with E-state index in [1.807, 2.05) is 0 Å². The lowest BCUT2D eigenvalue weighted by atomic mass is 10.1. The number of pyridine rings is 4. The van der Waals surface area contributed by atoms with E-state index in [1.165, 1.54) is 110 Å². The summed E-state index contributed by atoms with van der Waals surface area (Å²) in [5.74, 6) is -10.9. The highest BCUT2D eigenvalue weighted by atomic mass is 32.2. The summed E-state index contributed by atoms with van der Waals surface area (Å²) in [5, 5.41) is 10.8. The lowest BCUT2D eigenvalue weighted by Gasteiger charge is -2.26. The molecule has 0 spiro atoms. The zero-order valence-corrected chi connectivity index (χ0v) is 77.9. The van der Waals surface area contributed by atoms with E-state index in [4.69, 9.17) is 50.2 Å². The fraction of sp³-hybridized carbons (Fsp3) is 0.391. The molecule has 4 atom stereocenters. The SMILES string of the molecule is CCOc1nc([C@H](CS(C)(=O)=O)N2C(=O)c3cccc(NC(=O)C4CC4)c3C2=O)ccc1OC.[2H]C([2H])([2H])Oc1ccc(C(CS(C)(=O)=O)N2C(=O)c3cccc(NC(=O)C4CC4)c3C2=O)nc1OCC.[2H]C([2H])([2H])Oc1ccc([C@@H](CS(C)(=O)=O)N2C(=O)c3cccc(NC(=O)C4CC4)c3C2=O)nc1OCC.[2H]C([2H])([2H])Oc1ccc([C@H](CS(C)(=O)=O)N2C(=O)c3cccc(NC(=O)C4CC4)c3C2=O)nc1OCC. The molecule has 4 aliphatic heterocycles. The third-order valence-corrected chi connectivity index (χ3v) is 25.8. The van der Waals surface area contributed by atoms with Gasteiger partial charge in [0.15, 0.2) is 23.0 Å². The number of hydrogen-bond acceptors (Lipinski definition) is 32. The lowest BCUT2D eigenvalue weighted by molar-refractivity contribution is -0.118. The summed E-state index contributed by atoms with van der Waals surface area (Å²) in [4.78, 5) is 177. The van der Waals surface area contributed by atoms with Crippen LogP contribution in [0.5, 0.6) is 46.5 Å². The molecule has 4 fully saturated rings. The van der Waals surface area contributed by atoms with Gasteiger partial charge in [0.05, 0.1) is 204 Å². The minimum atomic E-state index is -3.76. The van der Waals surface area contributed by atoms with Gasteiger partial charge < -0.3 is 59.2 Å². The predicted molar refractivity (Wildman–Crippen MR) is 491 cm³/mol. The monoisotopic (exact) mass is 1960 g/mol. The van der Waals surface area contributed by atoms with Gasteiger partial charge in [0.25, 0.3) is 70.8 Å². The number of imide groups is 4. The van der Waals surface area contributed by atoms with Crippen LogP contribution in [0.2, 0.25) is 0 Å². The van der Waals surface area contributed by atoms with E-state index in [1.54, 1.807) is 45.9 Å². The van der Waals surface area contributed by atoms with Crippen molar-refractivity contribution < 1.29 is 141 Å². The zero-order chi connectivity index (χ0) is 106. The van der Waals surface area contributed by atoms with Gasteiger partial charge in [-0.2, -0.15) is 0 Å². The number of nitrogens with one attached hydrogen (secondary N) is 4. The van der Waals surface area contributed by atoms with Crippen molar-refractivity contribution >= 4 is 133 Å². The first kappa shape index (κ1) is 87.5. The lowest BCUT2D eigenvalue weighted by Crippen LogP contribution is -2.38. The summed E-state index contributed by atoms with van der Waals surface area (Å²) in [6, 6.07) is 23.2. The Balaban J connectivity index is 0.000000162. The molecule has 720 valence electrons. The molecule has 4 N–H and O–H groups in total. The molecule has 0 radical (unpaired) electrons. The van der Waals surface area contributed by atoms with Gasteiger partial charge in [0, 0.05) is 48.7 Å². The Morgan fingerprint density at radius 2 is 0.522 bits per heavy atom. The largest absolute Gasteiger partial charge is 0.491 e. The van der Waals surface area contributed by atoms with E-state index >= 15 is 0 Å². The summed E-state index contributed by atoms with van der Waals surface area (Å²) in [6.45, 7) is 7.17. The number of ether oxygens (including phenoxy) is 8. The fourth-order valence-corrected chi connectivity index (χ4v) is 18.8. The highest BCUT2D eigenvalue weighted by molar-refractivity contribution is 7.91. The number of anilines is 4. The first-order valence-corrected chi connectivity index (χ1v) is 50.9. The summed E-state index contributed by atoms with van der Waals surface area (Å²) < 4.78 is 206. The number of fused-ring (bicyclic) bond motifs is 4. The number of benzene rings is 4. The third kappa shape index (κ3) is 22.7. The second-order valence-corrected chi connectivity index (χ2v) is 41.5. The number of nitrogens with zero attached hydrogens (tertiary/aromatic N) is 8. The molecule has 44 heteroatoms. The van der Waals surface area contributed by atoms with Crippen LogP contribution >= 0.6 is 0 Å². The Morgan fingerprint density at radius 1 is 0.324 bits per heavy atom. The molecule has 0 saturated heterocycles. The first-order chi connectivity index (χ1) is 68.0. The van der Waals surface area contributed by atoms with Gasteiger partial charge in [0.2, 0.25) is 23.6 Å². The van der Waals surface area contributed by atoms with E-state index < -0.39 is 155 Å². The summed E-state index contributed by atoms with van der Waals surface area (Å²) in [5.41, 5.74) is 0.895. The zero-order valence-electron chi connectivity index (χ0n) is 83.6. The van der Waals surface area contributed by atoms with Gasteiger partial charge in [-0.1, -0.05) is 24.3 Å². The van der Waals surface area contributed by atoms with Crippen molar-refractivity contribution in [2.24, 2.45) is 23.7 Å². The van der Waals surface area contributed by atoms with Gasteiger partial charge in [-0.05, 0) is 176 Å². The molecule has 12 amide bonds. The Bertz CT molecular complexity index is 6550. The molecular formula is C92H100N12O28S4. The van der Waals surface area contributed by atoms with Crippen molar-refractivity contribution in [3.63, 3.8) is 0 Å². The minimum Gasteiger partial charge on any atom is -0.491 e. The normalized spacial score (nSPS) is 17.5. The van der Waals surface area contributed by atoms with Gasteiger partial charge in [-0.25, -0.2) is 53.6 Å². The van der Waals surface area contributed by atoms with Crippen molar-refractivity contribution in [1.82, 2.24) is 39.5 Å². The van der Waals surface area contributed by atoms with Crippen LogP contribution in [0.1, 0.15) is 221 Å². The van der Waals surface area contributed by atoms with Crippen LogP contribution in [0, 0.1) is 23.7 Å². The smallest absolute Gasteiger partial charge is 0.264 e. The van der Waals surface area contributed by atoms with Gasteiger partial charge in [0.1, 0.15) is 39.3 Å². The molecule has 8 aliphatic rings. The number of amides is 12. The molecule has 16 rings (SSSR count). The van der Waals surface area contributed by atoms with E-state index in [0.29, 0.717) is 5.75 Å². The summed E-state index contributed by atoms with van der Waals surface area (Å²) in [6.07, 6.45) is 9.89. The van der Waals surface area contributed by atoms with Crippen LogP contribution in [-0.2, 0) is 58.5 Å². The second-order valence-electron chi connectivity index (χ2n) is 32.7. The van der Waals surface area contributed by atoms with Crippen LogP contribution in [0.15, 0.2) is 121 Å². The fourth-order valence-electron chi connectivity index (χ4n) is 15.3. The standard InChI is InChI=1S/4C23H25N3O7S/c4*1-4-33-21-18(32-2)11-10-15(25-21)17(12-34(3,30)31)26-22(28)14-6-5-7-16(19(14)23(26)29)24-20(27)13-8-9-13/h4*5-7,10-11,13,17H,4,8-9,12H2,1-3H3,(H,24,27)/t3*17-;/m100./s1/i2*2D3;;2D3. The number of sulfone groups is 4. The van der Waals surface area contributed by atoms with Crippen molar-refractivity contribution in [1.29, 1.82) is 0 Å². The maximum Gasteiger partial charge on any atom is 0.264 e. The Labute approximate surface area is 795 Å². The van der Waals surface area contributed by atoms with Crippen molar-refractivity contribution in [2.75, 3.05) is 124 Å². The average Bonchev–Trinajstić information content (AvgIpc) is 1.61. The van der Waals surface area contributed by atoms with Crippen molar-refractivity contribution in [2.45, 2.75) is 103 Å². The molecule has 0 bridgehead atoms. The maximum atomic E-state index is 13.6. The van der Waals surface area contributed by atoms with Gasteiger partial charge in [-0.3, -0.25) is 77.1 Å². The van der Waals surface area contributed by atoms with Gasteiger partial charge in [-0.15, -0.1) is 0 Å². The van der Waals surface area contributed by atoms with E-state index in [2.05, 4.69) is 41.2 Å². The minimum absolute atomic E-state index is 0.0180. The molecule has 8 heterocycles. The van der Waals surface area contributed by atoms with Crippen LogP contribution in [0.25, 0.3) is 0 Å². The Kier molecular flexibility index (Phi) is 26.5. The molecular weight excluding hydrogens is 1850 g/mol. The number of hydrogen-bond donors (Lipinski definition) is 4. The van der Waals surface area contributed by atoms with E-state index in [0.717, 1.165) is 96.0 Å². The molecule has 1 unspecified atom stereocenters. The molecule has 4 aromatic heterocycles. The van der Waals surface area contributed by atoms with Crippen LogP contribution < -0.4 is 59.2 Å². The summed E-state index contributed by atoms with van der Waals surface area (Å²) >= 11 is 0. The molecule has 136 heavy (non-hydrogen) atoms. The van der Waals surface area contributed by atoms with Gasteiger partial charge >= 0.3 is 0 Å². The van der Waals surface area contributed by atoms with Crippen LogP contribution in [0.3, 0.4) is 0 Å². The third-order valence-electron chi connectivity index (χ3n) is 22.1. The number of carbonyl (C=O) groups is 12. The van der Waals surface area contributed by atoms with Crippen molar-refractivity contribution in [3.05, 3.63) is 189 Å². The first-order valence-electron chi connectivity index (χ1n) is 47.1. The Morgan fingerprint density at radius 3 is 0.691 bits per heavy atom. The van der Waals surface area contributed by atoms with E-state index in [-0.39, 0.29) is 205 Å². The highest BCUT2D eigenvalue weighted by Crippen LogP contribution is 2.46. The molecule has 8 aromatic rings. The number of aromatic nitrogens is 4. The topological polar surface area (TPSA) is 528 Å². The molecule has 4 aliphatic carbocycles. The molecule has 40 nitrogen and oxygen atoms in total. The number of rotatable bonds is 36. The number of carbonyl (C=O) groups excluding carboxylic acids is 12. The maximum absolute atomic E-state index is 13.6. The highest BCUT2D eigenvalue weighted by Gasteiger charge is 2.50. The average molecular weight is 1960 g/mol. The Hall–Kier alpha value is -13.9. The molecule has 4 aromatic carbocycles.